The molecule has 0 radical (unpaired) electrons. The van der Waals surface area contributed by atoms with E-state index in [-0.39, 0.29) is 39.2 Å². The molecule has 0 atom stereocenters. The summed E-state index contributed by atoms with van der Waals surface area (Å²) in [6, 6.07) is 17.9. The van der Waals surface area contributed by atoms with Crippen LogP contribution >= 0.6 is 0 Å². The Morgan fingerprint density at radius 2 is 1.55 bits per heavy atom. The Morgan fingerprint density at radius 1 is 0.868 bits per heavy atom. The molecule has 5 N–H and O–H groups in total. The predicted molar refractivity (Wildman–Crippen MR) is 140 cm³/mol. The zero-order valence-corrected chi connectivity index (χ0v) is 21.0. The van der Waals surface area contributed by atoms with Gasteiger partial charge in [-0.2, -0.15) is 0 Å². The highest BCUT2D eigenvalue weighted by Crippen LogP contribution is 2.28. The van der Waals surface area contributed by atoms with Crippen molar-refractivity contribution < 1.29 is 28.0 Å². The van der Waals surface area contributed by atoms with Crippen molar-refractivity contribution >= 4 is 44.8 Å². The number of benzene rings is 3. The molecular formula is C26H26N5O6S+. The monoisotopic (exact) mass is 536 g/mol. The van der Waals surface area contributed by atoms with Crippen molar-refractivity contribution in [2.75, 3.05) is 23.3 Å². The van der Waals surface area contributed by atoms with E-state index in [0.717, 1.165) is 0 Å². The Morgan fingerprint density at radius 3 is 2.21 bits per heavy atom. The highest BCUT2D eigenvalue weighted by atomic mass is 32.2. The van der Waals surface area contributed by atoms with Gasteiger partial charge in [-0.15, -0.1) is 0 Å². The van der Waals surface area contributed by atoms with Crippen molar-refractivity contribution in [3.63, 3.8) is 0 Å². The van der Waals surface area contributed by atoms with E-state index in [1.54, 1.807) is 36.4 Å². The molecule has 0 saturated carbocycles. The standard InChI is InChI=1S/C26H25N5O6S/c27-24(32)17-11-13-31(14-12-17)23-10-9-19(16-22(23)29-35)25(33)28-20-6-4-5-18(15-20)26(34)30-38(36,37)21-7-2-1-3-8-21/h1-10,15-17H,11-14H2,(H2,27,32)(H,28,33)(H,30,34)/p+1. The van der Waals surface area contributed by atoms with Crippen LogP contribution in [0.4, 0.5) is 17.1 Å². The largest absolute Gasteiger partial charge is 0.369 e. The number of nitrogens with zero attached hydrogens (tertiary/aromatic N) is 1. The van der Waals surface area contributed by atoms with Gasteiger partial charge in [0, 0.05) is 52.0 Å². The summed E-state index contributed by atoms with van der Waals surface area (Å²) in [5, 5.41) is 4.53. The molecule has 0 aromatic heterocycles. The molecule has 1 aliphatic heterocycles. The maximum Gasteiger partial charge on any atom is 0.277 e. The molecule has 0 unspecified atom stereocenters. The van der Waals surface area contributed by atoms with Gasteiger partial charge in [0.2, 0.25) is 5.91 Å². The maximum absolute atomic E-state index is 12.9. The number of carbonyl (C=O) groups is 3. The van der Waals surface area contributed by atoms with Gasteiger partial charge in [0.1, 0.15) is 5.69 Å². The molecule has 0 bridgehead atoms. The van der Waals surface area contributed by atoms with E-state index in [1.165, 1.54) is 36.4 Å². The topological polar surface area (TPSA) is 170 Å². The number of rotatable bonds is 8. The van der Waals surface area contributed by atoms with E-state index >= 15 is 0 Å². The first kappa shape index (κ1) is 26.5. The Kier molecular flexibility index (Phi) is 7.82. The number of nitrogens with two attached hydrogens (primary N) is 1. The lowest BCUT2D eigenvalue weighted by atomic mass is 9.95. The van der Waals surface area contributed by atoms with Crippen LogP contribution in [0.15, 0.2) is 77.7 Å². The maximum atomic E-state index is 12.9. The number of piperidine rings is 1. The summed E-state index contributed by atoms with van der Waals surface area (Å²) >= 11 is 0. The van der Waals surface area contributed by atoms with Crippen molar-refractivity contribution in [2.24, 2.45) is 11.7 Å². The van der Waals surface area contributed by atoms with Crippen LogP contribution in [0.5, 0.6) is 0 Å². The molecule has 1 fully saturated rings. The smallest absolute Gasteiger partial charge is 0.277 e. The Hall–Kier alpha value is -4.58. The Balaban J connectivity index is 1.45. The molecular weight excluding hydrogens is 510 g/mol. The summed E-state index contributed by atoms with van der Waals surface area (Å²) in [5.74, 6) is -1.92. The number of hydrogen-bond acceptors (Lipinski definition) is 7. The second-order valence-electron chi connectivity index (χ2n) is 8.78. The minimum Gasteiger partial charge on any atom is -0.369 e. The van der Waals surface area contributed by atoms with E-state index in [4.69, 9.17) is 5.73 Å². The van der Waals surface area contributed by atoms with Crippen molar-refractivity contribution in [2.45, 2.75) is 17.7 Å². The fraction of sp³-hybridized carbons (Fsp3) is 0.192. The van der Waals surface area contributed by atoms with E-state index < -0.39 is 21.8 Å². The molecule has 1 heterocycles. The number of nitroso groups, excluding NO2 is 1. The van der Waals surface area contributed by atoms with Gasteiger partial charge in [-0.25, -0.2) is 13.1 Å². The molecule has 38 heavy (non-hydrogen) atoms. The average Bonchev–Trinajstić information content (AvgIpc) is 2.93. The SMILES string of the molecule is NC(=O)C1CCN(c2ccc(C(=O)Nc3cccc(C(=O)NS(=O)(=O)c4ccccc4)c3)cc2[NH+]=O)CC1. The molecule has 1 saturated heterocycles. The minimum atomic E-state index is -4.07. The second kappa shape index (κ2) is 11.2. The van der Waals surface area contributed by atoms with Crippen molar-refractivity contribution in [3.8, 4) is 0 Å². The highest BCUT2D eigenvalue weighted by molar-refractivity contribution is 7.90. The van der Waals surface area contributed by atoms with E-state index in [9.17, 15) is 27.7 Å². The molecule has 3 amide bonds. The Bertz CT molecular complexity index is 1480. The second-order valence-corrected chi connectivity index (χ2v) is 10.5. The zero-order valence-electron chi connectivity index (χ0n) is 20.2. The first-order valence-corrected chi connectivity index (χ1v) is 13.3. The van der Waals surface area contributed by atoms with Gasteiger partial charge >= 0.3 is 0 Å². The van der Waals surface area contributed by atoms with Gasteiger partial charge in [0.15, 0.2) is 0 Å². The number of carbonyl (C=O) groups excluding carboxylic acids is 3. The summed E-state index contributed by atoms with van der Waals surface area (Å²) < 4.78 is 26.9. The van der Waals surface area contributed by atoms with Crippen LogP contribution in [0.3, 0.4) is 0 Å². The van der Waals surface area contributed by atoms with Crippen molar-refractivity contribution in [1.82, 2.24) is 4.72 Å². The molecule has 3 aromatic carbocycles. The van der Waals surface area contributed by atoms with Crippen LogP contribution in [0.25, 0.3) is 0 Å². The highest BCUT2D eigenvalue weighted by Gasteiger charge is 2.27. The molecule has 12 heteroatoms. The molecule has 1 aliphatic rings. The van der Waals surface area contributed by atoms with Gasteiger partial charge in [0.05, 0.1) is 4.90 Å². The number of anilines is 2. The van der Waals surface area contributed by atoms with Gasteiger partial charge < -0.3 is 16.0 Å². The first-order valence-electron chi connectivity index (χ1n) is 11.8. The summed E-state index contributed by atoms with van der Waals surface area (Å²) in [6.07, 6.45) is 1.15. The molecule has 196 valence electrons. The van der Waals surface area contributed by atoms with Crippen molar-refractivity contribution in [3.05, 3.63) is 88.8 Å². The van der Waals surface area contributed by atoms with Crippen molar-refractivity contribution in [1.29, 1.82) is 0 Å². The van der Waals surface area contributed by atoms with E-state index in [0.29, 0.717) is 31.6 Å². The fourth-order valence-electron chi connectivity index (χ4n) is 4.22. The number of hydrogen-bond donors (Lipinski definition) is 4. The summed E-state index contributed by atoms with van der Waals surface area (Å²) in [6.45, 7) is 1.09. The van der Waals surface area contributed by atoms with Gasteiger partial charge in [-0.3, -0.25) is 14.4 Å². The number of sulfonamides is 1. The van der Waals surface area contributed by atoms with Crippen LogP contribution in [-0.2, 0) is 14.8 Å². The quantitative estimate of drug-likeness (QED) is 0.336. The number of amides is 3. The minimum absolute atomic E-state index is 0.0268. The third-order valence-electron chi connectivity index (χ3n) is 6.27. The van der Waals surface area contributed by atoms with Crippen LogP contribution in [0, 0.1) is 10.8 Å². The fourth-order valence-corrected chi connectivity index (χ4v) is 5.22. The van der Waals surface area contributed by atoms with Crippen LogP contribution < -0.4 is 25.8 Å². The summed E-state index contributed by atoms with van der Waals surface area (Å²) in [5.41, 5.74) is 6.68. The van der Waals surface area contributed by atoms with Crippen LogP contribution in [0.2, 0.25) is 0 Å². The molecule has 3 aromatic rings. The lowest BCUT2D eigenvalue weighted by Crippen LogP contribution is -2.57. The van der Waals surface area contributed by atoms with Crippen LogP contribution in [0.1, 0.15) is 33.6 Å². The average molecular weight is 537 g/mol. The summed E-state index contributed by atoms with van der Waals surface area (Å²) in [7, 11) is -4.07. The van der Waals surface area contributed by atoms with E-state index in [1.807, 2.05) is 14.8 Å². The third kappa shape index (κ3) is 6.03. The van der Waals surface area contributed by atoms with Crippen LogP contribution in [-0.4, -0.2) is 39.2 Å². The summed E-state index contributed by atoms with van der Waals surface area (Å²) in [4.78, 5) is 50.4. The Labute approximate surface area is 219 Å². The molecule has 11 nitrogen and oxygen atoms in total. The number of primary amides is 1. The normalized spacial score (nSPS) is 13.9. The molecule has 4 rings (SSSR count). The predicted octanol–water partition coefficient (Wildman–Crippen LogP) is 1.24. The zero-order chi connectivity index (χ0) is 27.3. The molecule has 0 aliphatic carbocycles. The van der Waals surface area contributed by atoms with Gasteiger partial charge in [-0.05, 0) is 55.3 Å². The molecule has 0 spiro atoms. The lowest BCUT2D eigenvalue weighted by Gasteiger charge is -2.31. The van der Waals surface area contributed by atoms with Gasteiger partial charge in [0.25, 0.3) is 27.5 Å². The number of nitrogens with one attached hydrogen (secondary N) is 3. The van der Waals surface area contributed by atoms with Gasteiger partial charge in [-0.1, -0.05) is 24.3 Å². The lowest BCUT2D eigenvalue weighted by molar-refractivity contribution is -0.378. The first-order chi connectivity index (χ1) is 18.2. The van der Waals surface area contributed by atoms with E-state index in [2.05, 4.69) is 5.32 Å². The third-order valence-corrected chi connectivity index (χ3v) is 7.62.